The van der Waals surface area contributed by atoms with Crippen LogP contribution in [0.25, 0.3) is 0 Å². The lowest BCUT2D eigenvalue weighted by Gasteiger charge is -2.00. The Morgan fingerprint density at radius 1 is 1.62 bits per heavy atom. The van der Waals surface area contributed by atoms with Gasteiger partial charge < -0.3 is 0 Å². The Morgan fingerprint density at radius 2 is 2.25 bits per heavy atom. The Hall–Kier alpha value is 1.02. The molecule has 0 aromatic rings. The highest BCUT2D eigenvalue weighted by molar-refractivity contribution is 14.1. The van der Waals surface area contributed by atoms with Crippen molar-refractivity contribution in [2.45, 2.75) is 31.6 Å². The van der Waals surface area contributed by atoms with Crippen LogP contribution >= 0.6 is 34.2 Å². The first-order chi connectivity index (χ1) is 3.81. The van der Waals surface area contributed by atoms with Crippen LogP contribution in [-0.4, -0.2) is 9.80 Å². The first kappa shape index (κ1) is 9.02. The van der Waals surface area contributed by atoms with E-state index in [9.17, 15) is 0 Å². The molecule has 0 N–H and O–H groups in total. The molecule has 8 heavy (non-hydrogen) atoms. The third-order valence-corrected chi connectivity index (χ3v) is 2.99. The number of halogens is 2. The van der Waals surface area contributed by atoms with Gasteiger partial charge in [0.25, 0.3) is 0 Å². The quantitative estimate of drug-likeness (QED) is 0.528. The highest BCUT2D eigenvalue weighted by Gasteiger charge is 1.98. The summed E-state index contributed by atoms with van der Waals surface area (Å²) in [5.74, 6) is 0. The van der Waals surface area contributed by atoms with Crippen LogP contribution in [0.5, 0.6) is 0 Å². The molecule has 0 saturated heterocycles. The van der Waals surface area contributed by atoms with Gasteiger partial charge in [0.2, 0.25) is 0 Å². The predicted molar refractivity (Wildman–Crippen MR) is 48.1 cm³/mol. The maximum atomic E-state index is 5.84. The minimum atomic E-state index is 0.413. The fraction of sp³-hybridized carbons (Fsp3) is 1.00. The van der Waals surface area contributed by atoms with E-state index in [-0.39, 0.29) is 0 Å². The summed E-state index contributed by atoms with van der Waals surface area (Å²) in [6.45, 7) is 2.19. The second-order valence-electron chi connectivity index (χ2n) is 1.89. The largest absolute Gasteiger partial charge is 0.122 e. The predicted octanol–water partition coefficient (Wildman–Crippen LogP) is 3.22. The molecule has 0 bridgehead atoms. The van der Waals surface area contributed by atoms with Crippen molar-refractivity contribution in [3.63, 3.8) is 0 Å². The molecule has 2 heteroatoms. The van der Waals surface area contributed by atoms with E-state index in [2.05, 4.69) is 29.5 Å². The summed E-state index contributed by atoms with van der Waals surface area (Å²) in [7, 11) is 0. The fourth-order valence-corrected chi connectivity index (χ4v) is 1.10. The van der Waals surface area contributed by atoms with Gasteiger partial charge in [0.1, 0.15) is 0 Å². The van der Waals surface area contributed by atoms with Crippen molar-refractivity contribution < 1.29 is 0 Å². The summed E-state index contributed by atoms with van der Waals surface area (Å²) in [6.07, 6.45) is 3.72. The molecule has 0 aromatic heterocycles. The Bertz CT molecular complexity index is 47.8. The van der Waals surface area contributed by atoms with Crippen LogP contribution in [0.2, 0.25) is 0 Å². The fourth-order valence-electron chi connectivity index (χ4n) is 0.503. The van der Waals surface area contributed by atoms with Gasteiger partial charge in [-0.2, -0.15) is 0 Å². The van der Waals surface area contributed by atoms with Crippen molar-refractivity contribution in [3.8, 4) is 0 Å². The molecule has 1 atom stereocenters. The molecule has 1 unspecified atom stereocenters. The summed E-state index contributed by atoms with van der Waals surface area (Å²) in [5.41, 5.74) is 0. The topological polar surface area (TPSA) is 0 Å². The summed E-state index contributed by atoms with van der Waals surface area (Å²) in [5, 5.41) is 0.413. The van der Waals surface area contributed by atoms with Crippen LogP contribution in [-0.2, 0) is 0 Å². The molecule has 0 rings (SSSR count). The minimum absolute atomic E-state index is 0.413. The molecular weight excluding hydrogens is 234 g/mol. The zero-order valence-electron chi connectivity index (χ0n) is 5.16. The zero-order valence-corrected chi connectivity index (χ0v) is 8.08. The molecule has 0 nitrogen and oxygen atoms in total. The molecule has 50 valence electrons. The van der Waals surface area contributed by atoms with E-state index in [4.69, 9.17) is 11.6 Å². The average Bonchev–Trinajstić information content (AvgIpc) is 1.83. The zero-order chi connectivity index (χ0) is 6.41. The van der Waals surface area contributed by atoms with Gasteiger partial charge in [-0.1, -0.05) is 42.4 Å². The van der Waals surface area contributed by atoms with Gasteiger partial charge in [0.05, 0.1) is 0 Å². The van der Waals surface area contributed by atoms with Crippen molar-refractivity contribution in [2.24, 2.45) is 0 Å². The molecule has 0 aliphatic heterocycles. The molecule has 0 radical (unpaired) electrons. The van der Waals surface area contributed by atoms with E-state index in [0.717, 1.165) is 4.43 Å². The van der Waals surface area contributed by atoms with Gasteiger partial charge in [-0.15, -0.1) is 11.6 Å². The second kappa shape index (κ2) is 6.14. The SMILES string of the molecule is CCCCC(Cl)CI. The Morgan fingerprint density at radius 3 is 2.62 bits per heavy atom. The van der Waals surface area contributed by atoms with E-state index in [1.165, 1.54) is 19.3 Å². The second-order valence-corrected chi connectivity index (χ2v) is 3.39. The van der Waals surface area contributed by atoms with Crippen molar-refractivity contribution in [1.29, 1.82) is 0 Å². The van der Waals surface area contributed by atoms with Gasteiger partial charge in [0, 0.05) is 9.80 Å². The first-order valence-corrected chi connectivity index (χ1v) is 4.97. The van der Waals surface area contributed by atoms with Crippen molar-refractivity contribution in [2.75, 3.05) is 4.43 Å². The maximum Gasteiger partial charge on any atom is 0.0425 e. The molecular formula is C6H12ClI. The van der Waals surface area contributed by atoms with Crippen LogP contribution in [0.4, 0.5) is 0 Å². The third-order valence-electron chi connectivity index (χ3n) is 1.04. The highest BCUT2D eigenvalue weighted by Crippen LogP contribution is 2.09. The van der Waals surface area contributed by atoms with E-state index in [1.807, 2.05) is 0 Å². The average molecular weight is 247 g/mol. The smallest absolute Gasteiger partial charge is 0.0425 e. The summed E-state index contributed by atoms with van der Waals surface area (Å²) in [6, 6.07) is 0. The standard InChI is InChI=1S/C6H12ClI/c1-2-3-4-6(7)5-8/h6H,2-5H2,1H3. The molecule has 0 fully saturated rings. The monoisotopic (exact) mass is 246 g/mol. The lowest BCUT2D eigenvalue weighted by Crippen LogP contribution is -1.97. The van der Waals surface area contributed by atoms with E-state index in [0.29, 0.717) is 5.38 Å². The number of hydrogen-bond donors (Lipinski definition) is 0. The van der Waals surface area contributed by atoms with Gasteiger partial charge in [0.15, 0.2) is 0 Å². The van der Waals surface area contributed by atoms with E-state index in [1.54, 1.807) is 0 Å². The highest BCUT2D eigenvalue weighted by atomic mass is 127. The molecule has 0 amide bonds. The molecule has 0 aliphatic rings. The van der Waals surface area contributed by atoms with Crippen LogP contribution in [0, 0.1) is 0 Å². The van der Waals surface area contributed by atoms with Gasteiger partial charge in [-0.05, 0) is 6.42 Å². The number of unbranched alkanes of at least 4 members (excludes halogenated alkanes) is 1. The maximum absolute atomic E-state index is 5.84. The molecule has 0 aromatic carbocycles. The molecule has 0 spiro atoms. The normalized spacial score (nSPS) is 13.9. The number of rotatable bonds is 4. The van der Waals surface area contributed by atoms with E-state index >= 15 is 0 Å². The third kappa shape index (κ3) is 5.16. The van der Waals surface area contributed by atoms with Gasteiger partial charge in [-0.3, -0.25) is 0 Å². The summed E-state index contributed by atoms with van der Waals surface area (Å²) >= 11 is 8.16. The lowest BCUT2D eigenvalue weighted by atomic mass is 10.2. The van der Waals surface area contributed by atoms with Gasteiger partial charge >= 0.3 is 0 Å². The van der Waals surface area contributed by atoms with Crippen molar-refractivity contribution >= 4 is 34.2 Å². The Balaban J connectivity index is 2.86. The van der Waals surface area contributed by atoms with Crippen LogP contribution < -0.4 is 0 Å². The van der Waals surface area contributed by atoms with Crippen molar-refractivity contribution in [1.82, 2.24) is 0 Å². The molecule has 0 heterocycles. The minimum Gasteiger partial charge on any atom is -0.122 e. The van der Waals surface area contributed by atoms with Gasteiger partial charge in [-0.25, -0.2) is 0 Å². The first-order valence-electron chi connectivity index (χ1n) is 3.01. The van der Waals surface area contributed by atoms with Crippen LogP contribution in [0.1, 0.15) is 26.2 Å². The van der Waals surface area contributed by atoms with Crippen molar-refractivity contribution in [3.05, 3.63) is 0 Å². The number of alkyl halides is 2. The molecule has 0 aliphatic carbocycles. The summed E-state index contributed by atoms with van der Waals surface area (Å²) < 4.78 is 1.08. The number of hydrogen-bond acceptors (Lipinski definition) is 0. The van der Waals surface area contributed by atoms with Crippen LogP contribution in [0.3, 0.4) is 0 Å². The summed E-state index contributed by atoms with van der Waals surface area (Å²) in [4.78, 5) is 0. The Kier molecular flexibility index (Phi) is 6.93. The molecule has 0 saturated carbocycles. The van der Waals surface area contributed by atoms with Crippen LogP contribution in [0.15, 0.2) is 0 Å². The Labute approximate surface area is 70.1 Å². The lowest BCUT2D eigenvalue weighted by molar-refractivity contribution is 0.716. The van der Waals surface area contributed by atoms with E-state index < -0.39 is 0 Å².